The molecule has 2 aromatic rings. The van der Waals surface area contributed by atoms with Crippen LogP contribution in [0.2, 0.25) is 0 Å². The van der Waals surface area contributed by atoms with Crippen molar-refractivity contribution in [1.29, 1.82) is 0 Å². The van der Waals surface area contributed by atoms with Crippen molar-refractivity contribution in [3.63, 3.8) is 0 Å². The predicted octanol–water partition coefficient (Wildman–Crippen LogP) is 4.82. The highest BCUT2D eigenvalue weighted by atomic mass is 19.3. The summed E-state index contributed by atoms with van der Waals surface area (Å²) in [6, 6.07) is 18.2. The van der Waals surface area contributed by atoms with Gasteiger partial charge < -0.3 is 9.84 Å². The molecule has 0 saturated carbocycles. The standard InChI is InChI=1S/C20H20F2O2/c1-16(24-15-18-11-6-3-7-12-18)20(21,22)19(23)14-8-13-17-9-4-2-5-10-17/h2-13,19,23H,1,14-15H2/b13-8+/t19-/m0/s1. The van der Waals surface area contributed by atoms with E-state index in [0.717, 1.165) is 11.1 Å². The van der Waals surface area contributed by atoms with Crippen LogP contribution >= 0.6 is 0 Å². The molecule has 0 spiro atoms. The molecule has 0 aliphatic rings. The third-order valence-corrected chi connectivity index (χ3v) is 3.52. The van der Waals surface area contributed by atoms with Gasteiger partial charge in [-0.1, -0.05) is 79.4 Å². The highest BCUT2D eigenvalue weighted by Crippen LogP contribution is 2.30. The summed E-state index contributed by atoms with van der Waals surface area (Å²) in [6.45, 7) is 3.26. The molecule has 126 valence electrons. The molecule has 0 bridgehead atoms. The minimum atomic E-state index is -3.52. The van der Waals surface area contributed by atoms with E-state index in [9.17, 15) is 13.9 Å². The summed E-state index contributed by atoms with van der Waals surface area (Å²) in [5.41, 5.74) is 1.64. The van der Waals surface area contributed by atoms with Crippen LogP contribution in [0.25, 0.3) is 6.08 Å². The lowest BCUT2D eigenvalue weighted by Crippen LogP contribution is -2.35. The Labute approximate surface area is 140 Å². The molecule has 1 atom stereocenters. The van der Waals surface area contributed by atoms with Crippen molar-refractivity contribution >= 4 is 6.08 Å². The van der Waals surface area contributed by atoms with Crippen molar-refractivity contribution in [2.45, 2.75) is 25.1 Å². The van der Waals surface area contributed by atoms with Gasteiger partial charge in [-0.25, -0.2) is 0 Å². The molecule has 0 saturated heterocycles. The Hall–Kier alpha value is -2.46. The van der Waals surface area contributed by atoms with Gasteiger partial charge in [0.1, 0.15) is 12.7 Å². The number of aliphatic hydroxyl groups excluding tert-OH is 1. The molecule has 0 unspecified atom stereocenters. The van der Waals surface area contributed by atoms with Gasteiger partial charge in [0.05, 0.1) is 0 Å². The van der Waals surface area contributed by atoms with Crippen molar-refractivity contribution in [1.82, 2.24) is 0 Å². The summed E-state index contributed by atoms with van der Waals surface area (Å²) in [5, 5.41) is 9.78. The number of aliphatic hydroxyl groups is 1. The van der Waals surface area contributed by atoms with Gasteiger partial charge in [0.15, 0.2) is 5.76 Å². The zero-order valence-corrected chi connectivity index (χ0v) is 13.2. The third kappa shape index (κ3) is 5.03. The van der Waals surface area contributed by atoms with Crippen molar-refractivity contribution in [2.24, 2.45) is 0 Å². The number of rotatable bonds is 8. The number of halogens is 2. The topological polar surface area (TPSA) is 29.5 Å². The molecular weight excluding hydrogens is 310 g/mol. The van der Waals surface area contributed by atoms with E-state index in [4.69, 9.17) is 4.74 Å². The van der Waals surface area contributed by atoms with Gasteiger partial charge in [-0.3, -0.25) is 0 Å². The van der Waals surface area contributed by atoms with Crippen LogP contribution in [0.3, 0.4) is 0 Å². The Bertz CT molecular complexity index is 667. The van der Waals surface area contributed by atoms with Crippen LogP contribution in [0.4, 0.5) is 8.78 Å². The zero-order valence-electron chi connectivity index (χ0n) is 13.2. The first-order chi connectivity index (χ1) is 11.5. The molecule has 2 nitrogen and oxygen atoms in total. The van der Waals surface area contributed by atoms with Gasteiger partial charge in [0, 0.05) is 0 Å². The Morgan fingerprint density at radius 2 is 1.67 bits per heavy atom. The molecule has 24 heavy (non-hydrogen) atoms. The fraction of sp³-hybridized carbons (Fsp3) is 0.200. The molecule has 2 rings (SSSR count). The van der Waals surface area contributed by atoms with E-state index in [1.54, 1.807) is 30.3 Å². The normalized spacial score (nSPS) is 13.0. The van der Waals surface area contributed by atoms with Crippen molar-refractivity contribution in [3.8, 4) is 0 Å². The first-order valence-corrected chi connectivity index (χ1v) is 7.63. The summed E-state index contributed by atoms with van der Waals surface area (Å²) >= 11 is 0. The number of benzene rings is 2. The average Bonchev–Trinajstić information content (AvgIpc) is 2.61. The van der Waals surface area contributed by atoms with E-state index in [2.05, 4.69) is 6.58 Å². The Morgan fingerprint density at radius 3 is 2.29 bits per heavy atom. The highest BCUT2D eigenvalue weighted by molar-refractivity contribution is 5.48. The molecule has 0 aromatic heterocycles. The van der Waals surface area contributed by atoms with Crippen LogP contribution in [0.15, 0.2) is 79.1 Å². The van der Waals surface area contributed by atoms with E-state index in [1.807, 2.05) is 36.4 Å². The lowest BCUT2D eigenvalue weighted by molar-refractivity contribution is -0.111. The van der Waals surface area contributed by atoms with E-state index in [1.165, 1.54) is 6.08 Å². The number of hydrogen-bond donors (Lipinski definition) is 1. The smallest absolute Gasteiger partial charge is 0.328 e. The molecule has 0 aliphatic carbocycles. The largest absolute Gasteiger partial charge is 0.487 e. The molecule has 4 heteroatoms. The van der Waals surface area contributed by atoms with Crippen LogP contribution < -0.4 is 0 Å². The average molecular weight is 330 g/mol. The molecule has 0 heterocycles. The van der Waals surface area contributed by atoms with Crippen LogP contribution in [-0.4, -0.2) is 17.1 Å². The molecular formula is C20H20F2O2. The van der Waals surface area contributed by atoms with E-state index >= 15 is 0 Å². The lowest BCUT2D eigenvalue weighted by atomic mass is 10.1. The van der Waals surface area contributed by atoms with Gasteiger partial charge in [0.2, 0.25) is 0 Å². The summed E-state index contributed by atoms with van der Waals surface area (Å²) in [5.74, 6) is -4.25. The summed E-state index contributed by atoms with van der Waals surface area (Å²) < 4.78 is 33.3. The quantitative estimate of drug-likeness (QED) is 0.703. The maximum Gasteiger partial charge on any atom is 0.328 e. The first kappa shape index (κ1) is 17.9. The second kappa shape index (κ2) is 8.41. The Morgan fingerprint density at radius 1 is 1.08 bits per heavy atom. The summed E-state index contributed by atoms with van der Waals surface area (Å²) in [7, 11) is 0. The fourth-order valence-corrected chi connectivity index (χ4v) is 2.07. The number of ether oxygens (including phenoxy) is 1. The van der Waals surface area contributed by atoms with Crippen molar-refractivity contribution in [3.05, 3.63) is 90.2 Å². The number of alkyl halides is 2. The predicted molar refractivity (Wildman–Crippen MR) is 91.4 cm³/mol. The van der Waals surface area contributed by atoms with Gasteiger partial charge in [-0.2, -0.15) is 8.78 Å². The molecule has 0 amide bonds. The molecule has 0 fully saturated rings. The van der Waals surface area contributed by atoms with E-state index in [0.29, 0.717) is 0 Å². The van der Waals surface area contributed by atoms with E-state index < -0.39 is 17.8 Å². The zero-order chi connectivity index (χ0) is 17.4. The molecule has 2 aromatic carbocycles. The van der Waals surface area contributed by atoms with Crippen LogP contribution in [-0.2, 0) is 11.3 Å². The maximum absolute atomic E-state index is 14.1. The van der Waals surface area contributed by atoms with Crippen molar-refractivity contribution in [2.75, 3.05) is 0 Å². The number of hydrogen-bond acceptors (Lipinski definition) is 2. The SMILES string of the molecule is C=C(OCc1ccccc1)C(F)(F)[C@@H](O)C/C=C/c1ccccc1. The lowest BCUT2D eigenvalue weighted by Gasteiger charge is -2.23. The van der Waals surface area contributed by atoms with Crippen molar-refractivity contribution < 1.29 is 18.6 Å². The van der Waals surface area contributed by atoms with Gasteiger partial charge >= 0.3 is 5.92 Å². The second-order valence-corrected chi connectivity index (χ2v) is 5.38. The Balaban J connectivity index is 1.87. The third-order valence-electron chi connectivity index (χ3n) is 3.52. The minimum absolute atomic E-state index is 0.0121. The minimum Gasteiger partial charge on any atom is -0.487 e. The molecule has 0 aliphatic heterocycles. The van der Waals surface area contributed by atoms with Crippen LogP contribution in [0, 0.1) is 0 Å². The highest BCUT2D eigenvalue weighted by Gasteiger charge is 2.42. The van der Waals surface area contributed by atoms with Crippen LogP contribution in [0.5, 0.6) is 0 Å². The van der Waals surface area contributed by atoms with Gasteiger partial charge in [-0.15, -0.1) is 0 Å². The van der Waals surface area contributed by atoms with Crippen LogP contribution in [0.1, 0.15) is 17.5 Å². The summed E-state index contributed by atoms with van der Waals surface area (Å²) in [4.78, 5) is 0. The summed E-state index contributed by atoms with van der Waals surface area (Å²) in [6.07, 6.45) is 1.11. The molecule has 0 radical (unpaired) electrons. The van der Waals surface area contributed by atoms with Gasteiger partial charge in [0.25, 0.3) is 0 Å². The fourth-order valence-electron chi connectivity index (χ4n) is 2.07. The van der Waals surface area contributed by atoms with Gasteiger partial charge in [-0.05, 0) is 17.5 Å². The Kier molecular flexibility index (Phi) is 6.27. The molecule has 1 N–H and O–H groups in total. The van der Waals surface area contributed by atoms with E-state index in [-0.39, 0.29) is 13.0 Å². The first-order valence-electron chi connectivity index (χ1n) is 7.63. The maximum atomic E-state index is 14.1. The second-order valence-electron chi connectivity index (χ2n) is 5.38. The monoisotopic (exact) mass is 330 g/mol.